The zero-order valence-electron chi connectivity index (χ0n) is 9.66. The third kappa shape index (κ3) is 2.86. The van der Waals surface area contributed by atoms with Gasteiger partial charge < -0.3 is 10.6 Å². The van der Waals surface area contributed by atoms with Gasteiger partial charge in [0.05, 0.1) is 0 Å². The number of hydrogen-bond donors (Lipinski definition) is 1. The summed E-state index contributed by atoms with van der Waals surface area (Å²) in [4.78, 5) is 3.86. The first-order valence-corrected chi connectivity index (χ1v) is 7.50. The highest BCUT2D eigenvalue weighted by Crippen LogP contribution is 2.36. The summed E-state index contributed by atoms with van der Waals surface area (Å²) in [6.45, 7) is 3.21. The lowest BCUT2D eigenvalue weighted by Gasteiger charge is -2.33. The van der Waals surface area contributed by atoms with Gasteiger partial charge in [0.1, 0.15) is 0 Å². The van der Waals surface area contributed by atoms with Crippen molar-refractivity contribution in [1.82, 2.24) is 4.90 Å². The molecule has 1 fully saturated rings. The molecule has 0 spiro atoms. The number of piperidine rings is 1. The topological polar surface area (TPSA) is 29.3 Å². The molecule has 2 N–H and O–H groups in total. The van der Waals surface area contributed by atoms with Gasteiger partial charge in [0.2, 0.25) is 0 Å². The lowest BCUT2D eigenvalue weighted by atomic mass is 9.83. The van der Waals surface area contributed by atoms with E-state index in [4.69, 9.17) is 5.73 Å². The second kappa shape index (κ2) is 5.63. The predicted octanol–water partition coefficient (Wildman–Crippen LogP) is 2.89. The van der Waals surface area contributed by atoms with Crippen LogP contribution in [0.15, 0.2) is 15.9 Å². The van der Waals surface area contributed by atoms with E-state index in [-0.39, 0.29) is 0 Å². The first-order chi connectivity index (χ1) is 7.70. The van der Waals surface area contributed by atoms with Gasteiger partial charge in [0, 0.05) is 27.2 Å². The maximum Gasteiger partial charge on any atom is 0.0285 e. The van der Waals surface area contributed by atoms with Crippen LogP contribution < -0.4 is 5.73 Å². The van der Waals surface area contributed by atoms with Crippen molar-refractivity contribution in [1.29, 1.82) is 0 Å². The summed E-state index contributed by atoms with van der Waals surface area (Å²) in [6.07, 6.45) is 2.57. The van der Waals surface area contributed by atoms with E-state index in [1.165, 1.54) is 35.3 Å². The first kappa shape index (κ1) is 12.6. The SMILES string of the molecule is CN1CCC(C(CN)c2cc(Br)cs2)CC1. The Hall–Kier alpha value is 0.1000. The van der Waals surface area contributed by atoms with Gasteiger partial charge in [-0.05, 0) is 60.9 Å². The molecule has 1 aliphatic rings. The highest BCUT2D eigenvalue weighted by atomic mass is 79.9. The van der Waals surface area contributed by atoms with Gasteiger partial charge in [-0.3, -0.25) is 0 Å². The predicted molar refractivity (Wildman–Crippen MR) is 74.0 cm³/mol. The second-order valence-electron chi connectivity index (χ2n) is 4.65. The molecule has 0 bridgehead atoms. The Kier molecular flexibility index (Phi) is 4.41. The van der Waals surface area contributed by atoms with Crippen LogP contribution in [0.1, 0.15) is 23.6 Å². The van der Waals surface area contributed by atoms with Gasteiger partial charge in [-0.2, -0.15) is 0 Å². The van der Waals surface area contributed by atoms with Crippen molar-refractivity contribution < 1.29 is 0 Å². The Morgan fingerprint density at radius 1 is 1.56 bits per heavy atom. The van der Waals surface area contributed by atoms with Gasteiger partial charge in [-0.25, -0.2) is 0 Å². The average molecular weight is 303 g/mol. The lowest BCUT2D eigenvalue weighted by Crippen LogP contribution is -2.34. The number of nitrogens with zero attached hydrogens (tertiary/aromatic N) is 1. The molecule has 1 saturated heterocycles. The van der Waals surface area contributed by atoms with Crippen molar-refractivity contribution in [2.75, 3.05) is 26.7 Å². The minimum Gasteiger partial charge on any atom is -0.330 e. The molecule has 1 atom stereocenters. The van der Waals surface area contributed by atoms with E-state index in [1.54, 1.807) is 0 Å². The van der Waals surface area contributed by atoms with E-state index in [9.17, 15) is 0 Å². The molecular formula is C12H19BrN2S. The van der Waals surface area contributed by atoms with E-state index in [2.05, 4.69) is 39.3 Å². The minimum atomic E-state index is 0.560. The normalized spacial score (nSPS) is 21.2. The van der Waals surface area contributed by atoms with Crippen molar-refractivity contribution in [2.45, 2.75) is 18.8 Å². The summed E-state index contributed by atoms with van der Waals surface area (Å²) in [5, 5.41) is 2.16. The Bertz CT molecular complexity index is 332. The van der Waals surface area contributed by atoms with Gasteiger partial charge in [-0.1, -0.05) is 0 Å². The van der Waals surface area contributed by atoms with Crippen LogP contribution in [0.4, 0.5) is 0 Å². The summed E-state index contributed by atoms with van der Waals surface area (Å²) in [7, 11) is 2.20. The third-order valence-electron chi connectivity index (χ3n) is 3.54. The molecular weight excluding hydrogens is 284 g/mol. The maximum absolute atomic E-state index is 5.96. The summed E-state index contributed by atoms with van der Waals surface area (Å²) in [5.41, 5.74) is 5.96. The number of thiophene rings is 1. The largest absolute Gasteiger partial charge is 0.330 e. The van der Waals surface area contributed by atoms with Gasteiger partial charge in [-0.15, -0.1) is 11.3 Å². The molecule has 0 saturated carbocycles. The van der Waals surface area contributed by atoms with E-state index in [0.29, 0.717) is 5.92 Å². The molecule has 0 amide bonds. The molecule has 0 radical (unpaired) electrons. The molecule has 1 aromatic heterocycles. The van der Waals surface area contributed by atoms with E-state index in [1.807, 2.05) is 11.3 Å². The summed E-state index contributed by atoms with van der Waals surface area (Å²) in [6, 6.07) is 2.24. The van der Waals surface area contributed by atoms with Crippen LogP contribution in [0.3, 0.4) is 0 Å². The van der Waals surface area contributed by atoms with Crippen molar-refractivity contribution in [3.63, 3.8) is 0 Å². The smallest absolute Gasteiger partial charge is 0.0285 e. The molecule has 0 aliphatic carbocycles. The standard InChI is InChI=1S/C12H19BrN2S/c1-15-4-2-9(3-5-15)11(7-14)12-6-10(13)8-16-12/h6,8-9,11H,2-5,7,14H2,1H3. The highest BCUT2D eigenvalue weighted by Gasteiger charge is 2.26. The molecule has 1 aromatic rings. The number of likely N-dealkylation sites (tertiary alicyclic amines) is 1. The van der Waals surface area contributed by atoms with Crippen molar-refractivity contribution >= 4 is 27.3 Å². The number of rotatable bonds is 3. The molecule has 4 heteroatoms. The fourth-order valence-corrected chi connectivity index (χ4v) is 4.15. The number of nitrogens with two attached hydrogens (primary N) is 1. The van der Waals surface area contributed by atoms with Crippen LogP contribution in [-0.2, 0) is 0 Å². The minimum absolute atomic E-state index is 0.560. The van der Waals surface area contributed by atoms with E-state index in [0.717, 1.165) is 12.5 Å². The fraction of sp³-hybridized carbons (Fsp3) is 0.667. The molecule has 16 heavy (non-hydrogen) atoms. The zero-order chi connectivity index (χ0) is 11.5. The number of hydrogen-bond acceptors (Lipinski definition) is 3. The van der Waals surface area contributed by atoms with Crippen LogP contribution in [0.5, 0.6) is 0 Å². The first-order valence-electron chi connectivity index (χ1n) is 5.83. The fourth-order valence-electron chi connectivity index (χ4n) is 2.49. The van der Waals surface area contributed by atoms with Crippen molar-refractivity contribution in [3.05, 3.63) is 20.8 Å². The van der Waals surface area contributed by atoms with Crippen LogP contribution >= 0.6 is 27.3 Å². The monoisotopic (exact) mass is 302 g/mol. The Morgan fingerprint density at radius 2 is 2.25 bits per heavy atom. The zero-order valence-corrected chi connectivity index (χ0v) is 12.1. The average Bonchev–Trinajstić information content (AvgIpc) is 2.69. The molecule has 1 unspecified atom stereocenters. The highest BCUT2D eigenvalue weighted by molar-refractivity contribution is 9.10. The molecule has 2 rings (SSSR count). The van der Waals surface area contributed by atoms with Gasteiger partial charge in [0.15, 0.2) is 0 Å². The Balaban J connectivity index is 2.05. The molecule has 0 aromatic carbocycles. The van der Waals surface area contributed by atoms with Crippen molar-refractivity contribution in [2.24, 2.45) is 11.7 Å². The summed E-state index contributed by atoms with van der Waals surface area (Å²) >= 11 is 5.36. The van der Waals surface area contributed by atoms with Crippen LogP contribution in [0.2, 0.25) is 0 Å². The maximum atomic E-state index is 5.96. The van der Waals surface area contributed by atoms with Crippen LogP contribution in [0.25, 0.3) is 0 Å². The quantitative estimate of drug-likeness (QED) is 0.930. The molecule has 90 valence electrons. The molecule has 1 aliphatic heterocycles. The molecule has 2 nitrogen and oxygen atoms in total. The van der Waals surface area contributed by atoms with Crippen molar-refractivity contribution in [3.8, 4) is 0 Å². The Morgan fingerprint density at radius 3 is 2.75 bits per heavy atom. The van der Waals surface area contributed by atoms with E-state index >= 15 is 0 Å². The van der Waals surface area contributed by atoms with Gasteiger partial charge >= 0.3 is 0 Å². The van der Waals surface area contributed by atoms with E-state index < -0.39 is 0 Å². The Labute approximate surface area is 110 Å². The summed E-state index contributed by atoms with van der Waals surface area (Å²) < 4.78 is 1.19. The third-order valence-corrected chi connectivity index (χ3v) is 5.36. The van der Waals surface area contributed by atoms with Crippen LogP contribution in [-0.4, -0.2) is 31.6 Å². The number of halogens is 1. The lowest BCUT2D eigenvalue weighted by molar-refractivity contribution is 0.200. The second-order valence-corrected chi connectivity index (χ2v) is 6.51. The summed E-state index contributed by atoms with van der Waals surface area (Å²) in [5.74, 6) is 1.33. The van der Waals surface area contributed by atoms with Crippen LogP contribution in [0, 0.1) is 5.92 Å². The molecule has 2 heterocycles. The van der Waals surface area contributed by atoms with Gasteiger partial charge in [0.25, 0.3) is 0 Å².